The second-order valence-electron chi connectivity index (χ2n) is 20.9. The Bertz CT molecular complexity index is 1410. The molecule has 0 bridgehead atoms. The van der Waals surface area contributed by atoms with Crippen LogP contribution >= 0.6 is 0 Å². The number of rotatable bonds is 54. The molecule has 72 heavy (non-hydrogen) atoms. The number of carbonyl (C=O) groups is 3. The average molecular weight is 1010 g/mol. The van der Waals surface area contributed by atoms with Crippen molar-refractivity contribution in [2.24, 2.45) is 0 Å². The second kappa shape index (κ2) is 54.0. The Morgan fingerprint density at radius 2 is 0.792 bits per heavy atom. The Morgan fingerprint density at radius 3 is 1.18 bits per heavy atom. The molecule has 0 N–H and O–H groups in total. The van der Waals surface area contributed by atoms with Crippen molar-refractivity contribution in [2.75, 3.05) is 47.5 Å². The van der Waals surface area contributed by atoms with Crippen LogP contribution in [0.2, 0.25) is 0 Å². The maximum Gasteiger partial charge on any atom is 0.306 e. The molecule has 0 heterocycles. The van der Waals surface area contributed by atoms with Crippen molar-refractivity contribution in [1.29, 1.82) is 0 Å². The first-order valence-corrected chi connectivity index (χ1v) is 29.6. The van der Waals surface area contributed by atoms with Crippen molar-refractivity contribution >= 4 is 17.9 Å². The van der Waals surface area contributed by atoms with Gasteiger partial charge in [-0.15, -0.1) is 0 Å². The largest absolute Gasteiger partial charge is 0.545 e. The summed E-state index contributed by atoms with van der Waals surface area (Å²) in [4.78, 5) is 37.3. The van der Waals surface area contributed by atoms with Gasteiger partial charge in [0.05, 0.1) is 40.3 Å². The number of carboxylic acids is 1. The average Bonchev–Trinajstić information content (AvgIpc) is 3.35. The topological polar surface area (TPSA) is 111 Å². The highest BCUT2D eigenvalue weighted by molar-refractivity contribution is 5.70. The van der Waals surface area contributed by atoms with Gasteiger partial charge in [0, 0.05) is 12.8 Å². The second-order valence-corrected chi connectivity index (χ2v) is 20.9. The number of allylic oxidation sites excluding steroid dienone is 12. The van der Waals surface area contributed by atoms with Crippen LogP contribution in [0.4, 0.5) is 0 Å². The van der Waals surface area contributed by atoms with Crippen molar-refractivity contribution in [3.05, 3.63) is 72.9 Å². The van der Waals surface area contributed by atoms with E-state index in [1.54, 1.807) is 0 Å². The van der Waals surface area contributed by atoms with Gasteiger partial charge < -0.3 is 33.3 Å². The zero-order valence-electron chi connectivity index (χ0n) is 47.3. The zero-order valence-corrected chi connectivity index (χ0v) is 47.3. The van der Waals surface area contributed by atoms with E-state index in [1.807, 2.05) is 21.1 Å². The molecule has 9 heteroatoms. The van der Waals surface area contributed by atoms with Crippen molar-refractivity contribution in [1.82, 2.24) is 0 Å². The lowest BCUT2D eigenvalue weighted by Gasteiger charge is -2.26. The van der Waals surface area contributed by atoms with E-state index < -0.39 is 24.3 Å². The highest BCUT2D eigenvalue weighted by Gasteiger charge is 2.22. The van der Waals surface area contributed by atoms with Crippen LogP contribution < -0.4 is 5.11 Å². The monoisotopic (exact) mass is 1010 g/mol. The van der Waals surface area contributed by atoms with Crippen LogP contribution in [-0.2, 0) is 33.3 Å². The quantitative estimate of drug-likeness (QED) is 0.0195. The number of likely N-dealkylation sites (N-methyl/N-ethyl adjacent to an activating group) is 1. The fraction of sp³-hybridized carbons (Fsp3) is 0.762. The summed E-state index contributed by atoms with van der Waals surface area (Å²) in [5, 5.41) is 11.8. The third kappa shape index (κ3) is 54.5. The molecule has 2 atom stereocenters. The molecular formula is C63H111NO8. The lowest BCUT2D eigenvalue weighted by atomic mass is 10.0. The van der Waals surface area contributed by atoms with Gasteiger partial charge in [0.2, 0.25) is 0 Å². The number of unbranched alkanes of at least 4 members (excludes halogenated alkanes) is 27. The third-order valence-corrected chi connectivity index (χ3v) is 12.7. The first-order chi connectivity index (χ1) is 35.1. The molecule has 0 fully saturated rings. The molecular weight excluding hydrogens is 899 g/mol. The predicted molar refractivity (Wildman–Crippen MR) is 301 cm³/mol. The summed E-state index contributed by atoms with van der Waals surface area (Å²) >= 11 is 0. The zero-order chi connectivity index (χ0) is 52.7. The van der Waals surface area contributed by atoms with E-state index in [-0.39, 0.29) is 32.2 Å². The fourth-order valence-corrected chi connectivity index (χ4v) is 8.19. The van der Waals surface area contributed by atoms with Gasteiger partial charge in [-0.2, -0.15) is 0 Å². The summed E-state index contributed by atoms with van der Waals surface area (Å²) in [6.07, 6.45) is 66.6. The van der Waals surface area contributed by atoms with E-state index in [0.29, 0.717) is 23.9 Å². The normalized spacial score (nSPS) is 13.3. The van der Waals surface area contributed by atoms with Crippen molar-refractivity contribution in [3.8, 4) is 0 Å². The van der Waals surface area contributed by atoms with Gasteiger partial charge in [0.15, 0.2) is 12.4 Å². The smallest absolute Gasteiger partial charge is 0.306 e. The van der Waals surface area contributed by atoms with Gasteiger partial charge in [-0.05, 0) is 64.2 Å². The lowest BCUT2D eigenvalue weighted by molar-refractivity contribution is -0.870. The summed E-state index contributed by atoms with van der Waals surface area (Å²) in [6.45, 7) is 4.65. The van der Waals surface area contributed by atoms with Crippen LogP contribution in [0.25, 0.3) is 0 Å². The van der Waals surface area contributed by atoms with E-state index in [4.69, 9.17) is 18.9 Å². The molecule has 0 saturated carbocycles. The molecule has 2 unspecified atom stereocenters. The number of carboxylic acid groups (broad SMARTS) is 1. The molecule has 0 aliphatic carbocycles. The van der Waals surface area contributed by atoms with Gasteiger partial charge in [0.1, 0.15) is 13.2 Å². The molecule has 0 saturated heterocycles. The highest BCUT2D eigenvalue weighted by atomic mass is 16.7. The van der Waals surface area contributed by atoms with Crippen LogP contribution in [0.15, 0.2) is 72.9 Å². The van der Waals surface area contributed by atoms with Crippen LogP contribution in [0.1, 0.15) is 251 Å². The van der Waals surface area contributed by atoms with Gasteiger partial charge in [0.25, 0.3) is 0 Å². The molecule has 0 aliphatic heterocycles. The summed E-state index contributed by atoms with van der Waals surface area (Å²) in [5.41, 5.74) is 0. The molecule has 0 aromatic heterocycles. The summed E-state index contributed by atoms with van der Waals surface area (Å²) in [7, 11) is 5.92. The standard InChI is InChI=1S/C63H111NO8/c1-6-8-10-12-14-16-18-20-22-24-26-28-29-30-31-32-33-34-36-38-40-42-44-46-48-50-52-54-61(66)72-59(58-71-63(62(67)68)69-56-55-64(3,4)5)57-70-60(65)53-51-49-47-45-43-41-39-37-35-27-25-23-21-19-17-15-13-11-9-7-2/h8,10,14,16,20,22,26,28,30-31,33-34,59,63H,6-7,9,11-13,15,17-19,21,23-25,27,29,32,35-58H2,1-5H3/b10-8-,16-14-,22-20-,28-26-,31-30-,34-33-. The molecule has 0 amide bonds. The SMILES string of the molecule is CC/C=C\C/C=C\C/C=C\C/C=C\C/C=C\C/C=C\CCCCCCCCCCC(=O)OC(COC(=O)CCCCCCCCCCCCCCCCCCCCCC)COC(OCC[N+](C)(C)C)C(=O)[O-]. The molecule has 0 aliphatic rings. The van der Waals surface area contributed by atoms with Gasteiger partial charge in [-0.3, -0.25) is 9.59 Å². The number of esters is 2. The van der Waals surface area contributed by atoms with Crippen LogP contribution in [-0.4, -0.2) is 82.3 Å². The van der Waals surface area contributed by atoms with Crippen LogP contribution in [0.5, 0.6) is 0 Å². The Kier molecular flexibility index (Phi) is 51.6. The number of ether oxygens (including phenoxy) is 4. The van der Waals surface area contributed by atoms with Crippen molar-refractivity contribution < 1.29 is 42.9 Å². The molecule has 0 aromatic rings. The Hall–Kier alpha value is -3.27. The third-order valence-electron chi connectivity index (χ3n) is 12.7. The van der Waals surface area contributed by atoms with Crippen LogP contribution in [0.3, 0.4) is 0 Å². The molecule has 0 rings (SSSR count). The minimum Gasteiger partial charge on any atom is -0.545 e. The lowest BCUT2D eigenvalue weighted by Crippen LogP contribution is -2.44. The van der Waals surface area contributed by atoms with E-state index in [2.05, 4.69) is 86.8 Å². The summed E-state index contributed by atoms with van der Waals surface area (Å²) in [5.74, 6) is -2.29. The van der Waals surface area contributed by atoms with Gasteiger partial charge in [-0.1, -0.05) is 247 Å². The number of nitrogens with zero attached hydrogens (tertiary/aromatic N) is 1. The minimum absolute atomic E-state index is 0.144. The number of quaternary nitrogens is 1. The maximum atomic E-state index is 12.9. The first kappa shape index (κ1) is 68.7. The molecule has 416 valence electrons. The Balaban J connectivity index is 4.26. The molecule has 9 nitrogen and oxygen atoms in total. The number of hydrogen-bond donors (Lipinski definition) is 0. The van der Waals surface area contributed by atoms with E-state index in [1.165, 1.54) is 135 Å². The van der Waals surface area contributed by atoms with E-state index in [0.717, 1.165) is 83.5 Å². The van der Waals surface area contributed by atoms with Gasteiger partial charge >= 0.3 is 11.9 Å². The Labute approximate surface area is 443 Å². The van der Waals surface area contributed by atoms with E-state index in [9.17, 15) is 19.5 Å². The van der Waals surface area contributed by atoms with Crippen molar-refractivity contribution in [2.45, 2.75) is 264 Å². The Morgan fingerprint density at radius 1 is 0.431 bits per heavy atom. The van der Waals surface area contributed by atoms with Crippen molar-refractivity contribution in [3.63, 3.8) is 0 Å². The van der Waals surface area contributed by atoms with Crippen LogP contribution in [0, 0.1) is 0 Å². The molecule has 0 spiro atoms. The molecule has 0 aromatic carbocycles. The summed E-state index contributed by atoms with van der Waals surface area (Å²) in [6, 6.07) is 0. The number of carbonyl (C=O) groups excluding carboxylic acids is 3. The summed E-state index contributed by atoms with van der Waals surface area (Å²) < 4.78 is 22.7. The number of hydrogen-bond acceptors (Lipinski definition) is 8. The first-order valence-electron chi connectivity index (χ1n) is 29.6. The number of aliphatic carboxylic acids is 1. The van der Waals surface area contributed by atoms with E-state index >= 15 is 0 Å². The molecule has 0 radical (unpaired) electrons. The van der Waals surface area contributed by atoms with Gasteiger partial charge in [-0.25, -0.2) is 0 Å². The predicted octanol–water partition coefficient (Wildman–Crippen LogP) is 16.1. The highest BCUT2D eigenvalue weighted by Crippen LogP contribution is 2.16. The maximum absolute atomic E-state index is 12.9. The minimum atomic E-state index is -1.63. The fourth-order valence-electron chi connectivity index (χ4n) is 8.19.